The molecule has 1 aromatic carbocycles. The van der Waals surface area contributed by atoms with E-state index < -0.39 is 4.92 Å². The van der Waals surface area contributed by atoms with E-state index in [0.29, 0.717) is 23.6 Å². The Balaban J connectivity index is 2.87. The van der Waals surface area contributed by atoms with Crippen LogP contribution in [0.25, 0.3) is 0 Å². The number of non-ortho nitro benzene ring substituents is 1. The van der Waals surface area contributed by atoms with Crippen LogP contribution in [0.2, 0.25) is 5.02 Å². The first-order chi connectivity index (χ1) is 8.45. The van der Waals surface area contributed by atoms with Crippen LogP contribution in [0.5, 0.6) is 0 Å². The smallest absolute Gasteiger partial charge is 0.269 e. The molecule has 96 valence electrons. The Labute approximate surface area is 111 Å². The summed E-state index contributed by atoms with van der Waals surface area (Å²) in [4.78, 5) is 12.2. The molecule has 0 radical (unpaired) electrons. The molecule has 18 heavy (non-hydrogen) atoms. The number of hydrogen-bond donors (Lipinski definition) is 0. The molecule has 0 aliphatic carbocycles. The predicted molar refractivity (Wildman–Crippen MR) is 69.3 cm³/mol. The Morgan fingerprint density at radius 3 is 2.83 bits per heavy atom. The molecule has 5 nitrogen and oxygen atoms in total. The average Bonchev–Trinajstić information content (AvgIpc) is 2.31. The SMILES string of the molecule is CC(CC#N)N(C)Cc1cc([N+](=O)[O-])ccc1Cl. The molecule has 0 saturated carbocycles. The Morgan fingerprint density at radius 2 is 2.28 bits per heavy atom. The van der Waals surface area contributed by atoms with E-state index in [4.69, 9.17) is 16.9 Å². The molecule has 0 saturated heterocycles. The summed E-state index contributed by atoms with van der Waals surface area (Å²) < 4.78 is 0. The van der Waals surface area contributed by atoms with Gasteiger partial charge in [-0.2, -0.15) is 5.26 Å². The molecule has 0 heterocycles. The first-order valence-electron chi connectivity index (χ1n) is 5.45. The number of benzene rings is 1. The van der Waals surface area contributed by atoms with Gasteiger partial charge in [0.05, 0.1) is 17.4 Å². The van der Waals surface area contributed by atoms with E-state index in [-0.39, 0.29) is 11.7 Å². The number of hydrogen-bond acceptors (Lipinski definition) is 4. The standard InChI is InChI=1S/C12H14ClN3O2/c1-9(5-6-14)15(2)8-10-7-11(16(17)18)3-4-12(10)13/h3-4,7,9H,5,8H2,1-2H3. The molecule has 1 atom stereocenters. The summed E-state index contributed by atoms with van der Waals surface area (Å²) in [5.74, 6) is 0. The van der Waals surface area contributed by atoms with Gasteiger partial charge in [-0.15, -0.1) is 0 Å². The summed E-state index contributed by atoms with van der Waals surface area (Å²) in [6.07, 6.45) is 0.406. The van der Waals surface area contributed by atoms with E-state index in [0.717, 1.165) is 0 Å². The number of nitriles is 1. The molecule has 6 heteroatoms. The quantitative estimate of drug-likeness (QED) is 0.607. The summed E-state index contributed by atoms with van der Waals surface area (Å²) in [5, 5.41) is 19.8. The molecule has 0 aliphatic rings. The van der Waals surface area contributed by atoms with Crippen molar-refractivity contribution in [1.82, 2.24) is 4.90 Å². The molecule has 1 unspecified atom stereocenters. The van der Waals surface area contributed by atoms with Crippen LogP contribution in [-0.4, -0.2) is 22.9 Å². The number of nitro groups is 1. The van der Waals surface area contributed by atoms with Crippen molar-refractivity contribution in [3.63, 3.8) is 0 Å². The second-order valence-electron chi connectivity index (χ2n) is 4.16. The van der Waals surface area contributed by atoms with E-state index in [1.165, 1.54) is 18.2 Å². The minimum absolute atomic E-state index is 0.0238. The van der Waals surface area contributed by atoms with Gasteiger partial charge in [0.15, 0.2) is 0 Å². The van der Waals surface area contributed by atoms with Crippen LogP contribution in [-0.2, 0) is 6.54 Å². The summed E-state index contributed by atoms with van der Waals surface area (Å²) in [5.41, 5.74) is 0.717. The maximum absolute atomic E-state index is 10.7. The van der Waals surface area contributed by atoms with E-state index in [2.05, 4.69) is 6.07 Å². The fourth-order valence-electron chi connectivity index (χ4n) is 1.51. The highest BCUT2D eigenvalue weighted by molar-refractivity contribution is 6.31. The maximum atomic E-state index is 10.7. The van der Waals surface area contributed by atoms with E-state index in [9.17, 15) is 10.1 Å². The topological polar surface area (TPSA) is 70.2 Å². The minimum atomic E-state index is -0.446. The zero-order valence-corrected chi connectivity index (χ0v) is 11.0. The average molecular weight is 268 g/mol. The lowest BCUT2D eigenvalue weighted by atomic mass is 10.1. The molecular weight excluding hydrogens is 254 g/mol. The van der Waals surface area contributed by atoms with Gasteiger partial charge in [0.25, 0.3) is 5.69 Å². The molecule has 0 amide bonds. The van der Waals surface area contributed by atoms with Gasteiger partial charge < -0.3 is 0 Å². The lowest BCUT2D eigenvalue weighted by Gasteiger charge is -2.22. The highest BCUT2D eigenvalue weighted by Crippen LogP contribution is 2.23. The lowest BCUT2D eigenvalue weighted by Crippen LogP contribution is -2.28. The Kier molecular flexibility index (Phi) is 5.08. The fraction of sp³-hybridized carbons (Fsp3) is 0.417. The van der Waals surface area contributed by atoms with Crippen molar-refractivity contribution < 1.29 is 4.92 Å². The normalized spacial score (nSPS) is 12.2. The van der Waals surface area contributed by atoms with Crippen LogP contribution in [0.3, 0.4) is 0 Å². The van der Waals surface area contributed by atoms with Crippen LogP contribution < -0.4 is 0 Å². The highest BCUT2D eigenvalue weighted by atomic mass is 35.5. The molecule has 1 rings (SSSR count). The zero-order chi connectivity index (χ0) is 13.7. The Hall–Kier alpha value is -1.64. The Bertz CT molecular complexity index is 485. The van der Waals surface area contributed by atoms with Crippen molar-refractivity contribution in [1.29, 1.82) is 5.26 Å². The second-order valence-corrected chi connectivity index (χ2v) is 4.57. The van der Waals surface area contributed by atoms with Gasteiger partial charge >= 0.3 is 0 Å². The first-order valence-corrected chi connectivity index (χ1v) is 5.83. The molecule has 0 fully saturated rings. The maximum Gasteiger partial charge on any atom is 0.269 e. The fourth-order valence-corrected chi connectivity index (χ4v) is 1.69. The van der Waals surface area contributed by atoms with E-state index in [1.807, 2.05) is 18.9 Å². The Morgan fingerprint density at radius 1 is 1.61 bits per heavy atom. The van der Waals surface area contributed by atoms with Gasteiger partial charge in [-0.05, 0) is 25.6 Å². The van der Waals surface area contributed by atoms with Gasteiger partial charge in [0, 0.05) is 29.7 Å². The lowest BCUT2D eigenvalue weighted by molar-refractivity contribution is -0.384. The van der Waals surface area contributed by atoms with Crippen molar-refractivity contribution in [2.75, 3.05) is 7.05 Å². The summed E-state index contributed by atoms with van der Waals surface area (Å²) in [7, 11) is 1.86. The third kappa shape index (κ3) is 3.69. The van der Waals surface area contributed by atoms with Crippen LogP contribution in [0.1, 0.15) is 18.9 Å². The minimum Gasteiger partial charge on any atom is -0.298 e. The number of nitro benzene ring substituents is 1. The van der Waals surface area contributed by atoms with Crippen molar-refractivity contribution in [3.05, 3.63) is 38.9 Å². The molecule has 0 N–H and O–H groups in total. The molecule has 0 aliphatic heterocycles. The van der Waals surface area contributed by atoms with Crippen LogP contribution in [0, 0.1) is 21.4 Å². The summed E-state index contributed by atoms with van der Waals surface area (Å²) in [6, 6.07) is 6.55. The van der Waals surface area contributed by atoms with Gasteiger partial charge in [0.1, 0.15) is 0 Å². The predicted octanol–water partition coefficient (Wildman–Crippen LogP) is 2.98. The van der Waals surface area contributed by atoms with E-state index >= 15 is 0 Å². The molecule has 0 aromatic heterocycles. The second kappa shape index (κ2) is 6.34. The van der Waals surface area contributed by atoms with Crippen LogP contribution in [0.4, 0.5) is 5.69 Å². The van der Waals surface area contributed by atoms with E-state index in [1.54, 1.807) is 0 Å². The molecule has 0 spiro atoms. The van der Waals surface area contributed by atoms with Crippen LogP contribution in [0.15, 0.2) is 18.2 Å². The highest BCUT2D eigenvalue weighted by Gasteiger charge is 2.14. The van der Waals surface area contributed by atoms with Gasteiger partial charge in [0.2, 0.25) is 0 Å². The van der Waals surface area contributed by atoms with Gasteiger partial charge in [-0.3, -0.25) is 15.0 Å². The molecule has 1 aromatic rings. The number of nitrogens with zero attached hydrogens (tertiary/aromatic N) is 3. The third-order valence-corrected chi connectivity index (χ3v) is 3.17. The molecule has 0 bridgehead atoms. The van der Waals surface area contributed by atoms with Crippen molar-refractivity contribution in [2.45, 2.75) is 25.9 Å². The van der Waals surface area contributed by atoms with Crippen molar-refractivity contribution in [3.8, 4) is 6.07 Å². The monoisotopic (exact) mass is 267 g/mol. The zero-order valence-electron chi connectivity index (χ0n) is 10.3. The number of rotatable bonds is 5. The summed E-state index contributed by atoms with van der Waals surface area (Å²) >= 11 is 6.01. The van der Waals surface area contributed by atoms with Crippen LogP contribution >= 0.6 is 11.6 Å². The largest absolute Gasteiger partial charge is 0.298 e. The third-order valence-electron chi connectivity index (χ3n) is 2.80. The first kappa shape index (κ1) is 14.4. The molecular formula is C12H14ClN3O2. The summed E-state index contributed by atoms with van der Waals surface area (Å²) in [6.45, 7) is 2.40. The van der Waals surface area contributed by atoms with Crippen molar-refractivity contribution >= 4 is 17.3 Å². The van der Waals surface area contributed by atoms with Crippen molar-refractivity contribution in [2.24, 2.45) is 0 Å². The number of halogens is 1. The van der Waals surface area contributed by atoms with Gasteiger partial charge in [-0.1, -0.05) is 11.6 Å². The van der Waals surface area contributed by atoms with Gasteiger partial charge in [-0.25, -0.2) is 0 Å².